The predicted molar refractivity (Wildman–Crippen MR) is 73.7 cm³/mol. The molecular formula is C13H21N5O. The number of hydrogen-bond donors (Lipinski definition) is 1. The van der Waals surface area contributed by atoms with Crippen molar-refractivity contribution in [2.75, 3.05) is 39.2 Å². The Bertz CT molecular complexity index is 430. The van der Waals surface area contributed by atoms with Crippen LogP contribution in [0.15, 0.2) is 6.07 Å². The molecule has 6 nitrogen and oxygen atoms in total. The van der Waals surface area contributed by atoms with Crippen molar-refractivity contribution in [1.29, 1.82) is 5.26 Å². The highest BCUT2D eigenvalue weighted by Crippen LogP contribution is 2.07. The van der Waals surface area contributed by atoms with Crippen LogP contribution in [0.1, 0.15) is 17.9 Å². The van der Waals surface area contributed by atoms with Crippen LogP contribution in [0.3, 0.4) is 0 Å². The largest absolute Gasteiger partial charge is 0.383 e. The minimum atomic E-state index is 0.494. The smallest absolute Gasteiger partial charge is 0.144 e. The number of hydrogen-bond acceptors (Lipinski definition) is 6. The Kier molecular flexibility index (Phi) is 6.79. The van der Waals surface area contributed by atoms with Crippen molar-refractivity contribution < 1.29 is 4.74 Å². The van der Waals surface area contributed by atoms with Crippen LogP contribution in [0.25, 0.3) is 0 Å². The molecule has 0 bridgehead atoms. The molecule has 0 aromatic carbocycles. The normalized spacial score (nSPS) is 10.5. The molecule has 1 aromatic rings. The van der Waals surface area contributed by atoms with Crippen molar-refractivity contribution in [3.8, 4) is 6.07 Å². The zero-order chi connectivity index (χ0) is 14.1. The molecule has 0 spiro atoms. The molecule has 0 saturated heterocycles. The Morgan fingerprint density at radius 3 is 2.84 bits per heavy atom. The summed E-state index contributed by atoms with van der Waals surface area (Å²) in [6.07, 6.45) is 0.494. The van der Waals surface area contributed by atoms with Gasteiger partial charge in [-0.25, -0.2) is 9.97 Å². The summed E-state index contributed by atoms with van der Waals surface area (Å²) in [5.74, 6) is 1.58. The second-order valence-corrected chi connectivity index (χ2v) is 4.24. The highest BCUT2D eigenvalue weighted by molar-refractivity contribution is 5.34. The van der Waals surface area contributed by atoms with Crippen LogP contribution >= 0.6 is 0 Å². The molecule has 0 saturated carbocycles. The van der Waals surface area contributed by atoms with Gasteiger partial charge in [-0.15, -0.1) is 0 Å². The lowest BCUT2D eigenvalue weighted by Gasteiger charge is -2.20. The second-order valence-electron chi connectivity index (χ2n) is 4.24. The van der Waals surface area contributed by atoms with E-state index in [1.807, 2.05) is 20.0 Å². The monoisotopic (exact) mass is 263 g/mol. The van der Waals surface area contributed by atoms with Crippen molar-refractivity contribution >= 4 is 5.82 Å². The first kappa shape index (κ1) is 15.3. The SMILES string of the molecule is CNc1cc(C)nc(CN(CCC#N)CCOC)n1. The van der Waals surface area contributed by atoms with Crippen molar-refractivity contribution in [2.45, 2.75) is 19.9 Å². The van der Waals surface area contributed by atoms with Gasteiger partial charge in [0.1, 0.15) is 11.6 Å². The van der Waals surface area contributed by atoms with Crippen LogP contribution in [0.2, 0.25) is 0 Å². The predicted octanol–water partition coefficient (Wildman–Crippen LogP) is 1.19. The lowest BCUT2D eigenvalue weighted by Crippen LogP contribution is -2.29. The number of anilines is 1. The van der Waals surface area contributed by atoms with Crippen LogP contribution < -0.4 is 5.32 Å². The Morgan fingerprint density at radius 1 is 1.42 bits per heavy atom. The summed E-state index contributed by atoms with van der Waals surface area (Å²) in [6, 6.07) is 4.06. The van der Waals surface area contributed by atoms with Crippen LogP contribution in [-0.4, -0.2) is 48.7 Å². The molecule has 0 amide bonds. The van der Waals surface area contributed by atoms with E-state index in [-0.39, 0.29) is 0 Å². The molecule has 0 radical (unpaired) electrons. The van der Waals surface area contributed by atoms with Gasteiger partial charge in [0.15, 0.2) is 0 Å². The van der Waals surface area contributed by atoms with Gasteiger partial charge in [-0.2, -0.15) is 5.26 Å². The molecule has 0 atom stereocenters. The molecule has 19 heavy (non-hydrogen) atoms. The minimum absolute atomic E-state index is 0.494. The molecule has 1 N–H and O–H groups in total. The maximum atomic E-state index is 8.68. The summed E-state index contributed by atoms with van der Waals surface area (Å²) in [6.45, 7) is 4.68. The van der Waals surface area contributed by atoms with Crippen LogP contribution in [0.5, 0.6) is 0 Å². The molecule has 0 aliphatic heterocycles. The van der Waals surface area contributed by atoms with E-state index >= 15 is 0 Å². The number of methoxy groups -OCH3 is 1. The summed E-state index contributed by atoms with van der Waals surface area (Å²) in [5.41, 5.74) is 0.932. The van der Waals surface area contributed by atoms with Crippen LogP contribution in [-0.2, 0) is 11.3 Å². The van der Waals surface area contributed by atoms with E-state index in [1.165, 1.54) is 0 Å². The quantitative estimate of drug-likeness (QED) is 0.759. The zero-order valence-corrected chi connectivity index (χ0v) is 11.8. The average Bonchev–Trinajstić information content (AvgIpc) is 2.41. The van der Waals surface area contributed by atoms with Gasteiger partial charge in [0, 0.05) is 45.4 Å². The van der Waals surface area contributed by atoms with Gasteiger partial charge in [0.25, 0.3) is 0 Å². The summed E-state index contributed by atoms with van der Waals surface area (Å²) in [4.78, 5) is 11.0. The van der Waals surface area contributed by atoms with E-state index < -0.39 is 0 Å². The van der Waals surface area contributed by atoms with Crippen molar-refractivity contribution in [1.82, 2.24) is 14.9 Å². The number of rotatable bonds is 8. The highest BCUT2D eigenvalue weighted by atomic mass is 16.5. The van der Waals surface area contributed by atoms with Gasteiger partial charge in [-0.3, -0.25) is 4.90 Å². The first-order chi connectivity index (χ1) is 9.19. The molecule has 1 rings (SSSR count). The maximum Gasteiger partial charge on any atom is 0.144 e. The minimum Gasteiger partial charge on any atom is -0.383 e. The fraction of sp³-hybridized carbons (Fsp3) is 0.615. The van der Waals surface area contributed by atoms with Crippen LogP contribution in [0, 0.1) is 18.3 Å². The van der Waals surface area contributed by atoms with Gasteiger partial charge >= 0.3 is 0 Å². The molecular weight excluding hydrogens is 242 g/mol. The molecule has 0 unspecified atom stereocenters. The maximum absolute atomic E-state index is 8.68. The van der Waals surface area contributed by atoms with E-state index in [4.69, 9.17) is 10.00 Å². The summed E-state index contributed by atoms with van der Waals surface area (Å²) in [5, 5.41) is 11.7. The first-order valence-electron chi connectivity index (χ1n) is 6.30. The molecule has 0 fully saturated rings. The molecule has 1 heterocycles. The van der Waals surface area contributed by atoms with Gasteiger partial charge in [-0.1, -0.05) is 0 Å². The van der Waals surface area contributed by atoms with Gasteiger partial charge in [0.2, 0.25) is 0 Å². The third-order valence-electron chi connectivity index (χ3n) is 2.67. The Hall–Kier alpha value is -1.71. The average molecular weight is 263 g/mol. The standard InChI is InChI=1S/C13H21N5O/c1-11-9-12(15-2)17-13(16-11)10-18(6-4-5-14)7-8-19-3/h9H,4,6-8,10H2,1-3H3,(H,15,16,17). The Labute approximate surface area is 114 Å². The van der Waals surface area contributed by atoms with Crippen molar-refractivity contribution in [3.05, 3.63) is 17.6 Å². The van der Waals surface area contributed by atoms with Crippen LogP contribution in [0.4, 0.5) is 5.82 Å². The molecule has 0 aliphatic rings. The molecule has 6 heteroatoms. The number of nitrogens with zero attached hydrogens (tertiary/aromatic N) is 4. The van der Waals surface area contributed by atoms with E-state index in [2.05, 4.69) is 26.3 Å². The summed E-state index contributed by atoms with van der Waals surface area (Å²) < 4.78 is 5.08. The van der Waals surface area contributed by atoms with Gasteiger partial charge in [-0.05, 0) is 6.92 Å². The fourth-order valence-corrected chi connectivity index (χ4v) is 1.73. The third-order valence-corrected chi connectivity index (χ3v) is 2.67. The van der Waals surface area contributed by atoms with E-state index in [0.717, 1.165) is 23.9 Å². The molecule has 1 aromatic heterocycles. The van der Waals surface area contributed by atoms with E-state index in [9.17, 15) is 0 Å². The lowest BCUT2D eigenvalue weighted by atomic mass is 10.3. The van der Waals surface area contributed by atoms with E-state index in [1.54, 1.807) is 7.11 Å². The third kappa shape index (κ3) is 5.64. The lowest BCUT2D eigenvalue weighted by molar-refractivity contribution is 0.144. The summed E-state index contributed by atoms with van der Waals surface area (Å²) in [7, 11) is 3.51. The topological polar surface area (TPSA) is 74.1 Å². The number of aromatic nitrogens is 2. The van der Waals surface area contributed by atoms with Crippen molar-refractivity contribution in [2.24, 2.45) is 0 Å². The number of ether oxygens (including phenoxy) is 1. The number of nitriles is 1. The van der Waals surface area contributed by atoms with Crippen molar-refractivity contribution in [3.63, 3.8) is 0 Å². The van der Waals surface area contributed by atoms with Gasteiger partial charge < -0.3 is 10.1 Å². The molecule has 104 valence electrons. The number of nitrogens with one attached hydrogen (secondary N) is 1. The molecule has 0 aliphatic carbocycles. The Morgan fingerprint density at radius 2 is 2.21 bits per heavy atom. The number of aryl methyl sites for hydroxylation is 1. The van der Waals surface area contributed by atoms with Gasteiger partial charge in [0.05, 0.1) is 19.2 Å². The van der Waals surface area contributed by atoms with E-state index in [0.29, 0.717) is 26.1 Å². The summed E-state index contributed by atoms with van der Waals surface area (Å²) >= 11 is 0. The highest BCUT2D eigenvalue weighted by Gasteiger charge is 2.09. The second kappa shape index (κ2) is 8.40. The zero-order valence-electron chi connectivity index (χ0n) is 11.8. The first-order valence-corrected chi connectivity index (χ1v) is 6.30. The Balaban J connectivity index is 2.71. The fourth-order valence-electron chi connectivity index (χ4n) is 1.73.